The molecular weight excluding hydrogens is 426 g/mol. The van der Waals surface area contributed by atoms with Crippen LogP contribution >= 0.6 is 15.9 Å². The van der Waals surface area contributed by atoms with Gasteiger partial charge in [-0.15, -0.1) is 0 Å². The Balaban J connectivity index is 1.84. The molecule has 28 heavy (non-hydrogen) atoms. The number of Topliss-reactive ketones (excluding diaryl/α,β-unsaturated/α-hetero) is 1. The van der Waals surface area contributed by atoms with Crippen molar-refractivity contribution in [2.75, 3.05) is 5.32 Å². The average molecular weight is 442 g/mol. The number of hydrogen-bond donors (Lipinski definition) is 1. The van der Waals surface area contributed by atoms with E-state index in [-0.39, 0.29) is 11.5 Å². The van der Waals surface area contributed by atoms with E-state index in [1.54, 1.807) is 60.7 Å². The second kappa shape index (κ2) is 8.67. The standard InChI is InChI=1S/C21H16BrNO5/c1-13(24)15-8-5-9-16(12-15)23-20(25)19(14-6-3-2-4-7-14)28-21(26)17-10-11-18(22)27-17/h2-12,19H,1H3,(H,23,25)/t19-/m1/s1. The van der Waals surface area contributed by atoms with Crippen LogP contribution in [0.5, 0.6) is 0 Å². The third kappa shape index (κ3) is 4.75. The number of esters is 1. The Morgan fingerprint density at radius 1 is 1.00 bits per heavy atom. The number of carbonyl (C=O) groups is 3. The summed E-state index contributed by atoms with van der Waals surface area (Å²) in [7, 11) is 0. The fourth-order valence-corrected chi connectivity index (χ4v) is 2.82. The molecule has 1 N–H and O–H groups in total. The molecule has 1 amide bonds. The van der Waals surface area contributed by atoms with Gasteiger partial charge in [-0.05, 0) is 47.1 Å². The van der Waals surface area contributed by atoms with E-state index in [2.05, 4.69) is 21.2 Å². The third-order valence-electron chi connectivity index (χ3n) is 3.88. The summed E-state index contributed by atoms with van der Waals surface area (Å²) in [6, 6.07) is 18.2. The molecule has 6 nitrogen and oxygen atoms in total. The molecular formula is C21H16BrNO5. The number of amides is 1. The van der Waals surface area contributed by atoms with Crippen molar-refractivity contribution < 1.29 is 23.5 Å². The van der Waals surface area contributed by atoms with E-state index in [4.69, 9.17) is 9.15 Å². The van der Waals surface area contributed by atoms with Crippen LogP contribution < -0.4 is 5.32 Å². The van der Waals surface area contributed by atoms with Gasteiger partial charge in [-0.2, -0.15) is 0 Å². The van der Waals surface area contributed by atoms with Crippen molar-refractivity contribution >= 4 is 39.3 Å². The van der Waals surface area contributed by atoms with Crippen LogP contribution in [-0.4, -0.2) is 17.7 Å². The van der Waals surface area contributed by atoms with Crippen molar-refractivity contribution in [3.8, 4) is 0 Å². The number of nitrogens with one attached hydrogen (secondary N) is 1. The number of ketones is 1. The van der Waals surface area contributed by atoms with Gasteiger partial charge in [0.1, 0.15) is 0 Å². The van der Waals surface area contributed by atoms with Crippen molar-refractivity contribution in [3.05, 3.63) is 88.3 Å². The van der Waals surface area contributed by atoms with Gasteiger partial charge in [0, 0.05) is 16.8 Å². The van der Waals surface area contributed by atoms with Gasteiger partial charge in [-0.25, -0.2) is 4.79 Å². The molecule has 1 atom stereocenters. The van der Waals surface area contributed by atoms with Crippen LogP contribution in [0.4, 0.5) is 5.69 Å². The SMILES string of the molecule is CC(=O)c1cccc(NC(=O)[C@H](OC(=O)c2ccc(Br)o2)c2ccccc2)c1. The molecule has 1 heterocycles. The molecule has 7 heteroatoms. The molecule has 0 saturated heterocycles. The van der Waals surface area contributed by atoms with Crippen LogP contribution in [0, 0.1) is 0 Å². The topological polar surface area (TPSA) is 85.6 Å². The quantitative estimate of drug-likeness (QED) is 0.439. The number of halogens is 1. The summed E-state index contributed by atoms with van der Waals surface area (Å²) in [6.07, 6.45) is -1.20. The molecule has 0 fully saturated rings. The summed E-state index contributed by atoms with van der Waals surface area (Å²) in [5, 5.41) is 2.69. The fourth-order valence-electron chi connectivity index (χ4n) is 2.51. The zero-order valence-corrected chi connectivity index (χ0v) is 16.4. The third-order valence-corrected chi connectivity index (χ3v) is 4.30. The van der Waals surface area contributed by atoms with Gasteiger partial charge in [0.05, 0.1) is 0 Å². The molecule has 142 valence electrons. The first kappa shape index (κ1) is 19.6. The van der Waals surface area contributed by atoms with Gasteiger partial charge in [0.2, 0.25) is 11.9 Å². The van der Waals surface area contributed by atoms with Crippen molar-refractivity contribution in [2.24, 2.45) is 0 Å². The van der Waals surface area contributed by atoms with Gasteiger partial charge in [0.15, 0.2) is 10.5 Å². The molecule has 0 aliphatic heterocycles. The predicted molar refractivity (Wildman–Crippen MR) is 106 cm³/mol. The minimum absolute atomic E-state index is 0.0285. The van der Waals surface area contributed by atoms with Crippen LogP contribution in [0.1, 0.15) is 39.5 Å². The largest absolute Gasteiger partial charge is 0.442 e. The van der Waals surface area contributed by atoms with Crippen LogP contribution in [0.15, 0.2) is 75.8 Å². The van der Waals surface area contributed by atoms with E-state index in [9.17, 15) is 14.4 Å². The Labute approximate surface area is 169 Å². The number of anilines is 1. The van der Waals surface area contributed by atoms with E-state index >= 15 is 0 Å². The average Bonchev–Trinajstić information content (AvgIpc) is 3.13. The highest BCUT2D eigenvalue weighted by Gasteiger charge is 2.27. The van der Waals surface area contributed by atoms with Gasteiger partial charge in [-0.1, -0.05) is 42.5 Å². The maximum absolute atomic E-state index is 12.9. The molecule has 2 aromatic carbocycles. The van der Waals surface area contributed by atoms with Crippen molar-refractivity contribution in [1.29, 1.82) is 0 Å². The van der Waals surface area contributed by atoms with Gasteiger partial charge >= 0.3 is 5.97 Å². The van der Waals surface area contributed by atoms with Crippen LogP contribution in [0.2, 0.25) is 0 Å². The van der Waals surface area contributed by atoms with Crippen molar-refractivity contribution in [1.82, 2.24) is 0 Å². The zero-order chi connectivity index (χ0) is 20.1. The highest BCUT2D eigenvalue weighted by atomic mass is 79.9. The molecule has 0 radical (unpaired) electrons. The number of ether oxygens (including phenoxy) is 1. The van der Waals surface area contributed by atoms with E-state index in [1.165, 1.54) is 13.0 Å². The summed E-state index contributed by atoms with van der Waals surface area (Å²) in [5.74, 6) is -1.47. The Morgan fingerprint density at radius 2 is 1.75 bits per heavy atom. The van der Waals surface area contributed by atoms with Crippen LogP contribution in [-0.2, 0) is 9.53 Å². The molecule has 3 aromatic rings. The minimum atomic E-state index is -1.20. The number of carbonyl (C=O) groups excluding carboxylic acids is 3. The Bertz CT molecular complexity index is 1010. The number of rotatable bonds is 6. The van der Waals surface area contributed by atoms with E-state index < -0.39 is 18.0 Å². The molecule has 0 unspecified atom stereocenters. The molecule has 1 aromatic heterocycles. The number of hydrogen-bond acceptors (Lipinski definition) is 5. The summed E-state index contributed by atoms with van der Waals surface area (Å²) in [5.41, 5.74) is 1.39. The Kier molecular flexibility index (Phi) is 6.06. The Hall–Kier alpha value is -3.19. The molecule has 0 aliphatic rings. The van der Waals surface area contributed by atoms with E-state index in [0.29, 0.717) is 21.5 Å². The lowest BCUT2D eigenvalue weighted by atomic mass is 10.1. The minimum Gasteiger partial charge on any atom is -0.442 e. The van der Waals surface area contributed by atoms with E-state index in [1.807, 2.05) is 0 Å². The van der Waals surface area contributed by atoms with Crippen molar-refractivity contribution in [3.63, 3.8) is 0 Å². The molecule has 3 rings (SSSR count). The van der Waals surface area contributed by atoms with Gasteiger partial charge in [0.25, 0.3) is 5.91 Å². The highest BCUT2D eigenvalue weighted by Crippen LogP contribution is 2.23. The van der Waals surface area contributed by atoms with Gasteiger partial charge < -0.3 is 14.5 Å². The number of furan rings is 1. The molecule has 0 bridgehead atoms. The second-order valence-corrected chi connectivity index (χ2v) is 6.71. The predicted octanol–water partition coefficient (Wildman–Crippen LogP) is 4.78. The van der Waals surface area contributed by atoms with E-state index in [0.717, 1.165) is 0 Å². The van der Waals surface area contributed by atoms with Gasteiger partial charge in [-0.3, -0.25) is 9.59 Å². The zero-order valence-electron chi connectivity index (χ0n) is 14.8. The first-order valence-corrected chi connectivity index (χ1v) is 9.16. The molecule has 0 spiro atoms. The Morgan fingerprint density at radius 3 is 2.39 bits per heavy atom. The summed E-state index contributed by atoms with van der Waals surface area (Å²) >= 11 is 3.12. The first-order chi connectivity index (χ1) is 13.4. The monoisotopic (exact) mass is 441 g/mol. The number of benzene rings is 2. The molecule has 0 saturated carbocycles. The lowest BCUT2D eigenvalue weighted by Gasteiger charge is -2.17. The lowest BCUT2D eigenvalue weighted by molar-refractivity contribution is -0.125. The van der Waals surface area contributed by atoms with Crippen LogP contribution in [0.25, 0.3) is 0 Å². The first-order valence-electron chi connectivity index (χ1n) is 8.37. The smallest absolute Gasteiger partial charge is 0.375 e. The fraction of sp³-hybridized carbons (Fsp3) is 0.0952. The normalized spacial score (nSPS) is 11.5. The maximum Gasteiger partial charge on any atom is 0.375 e. The highest BCUT2D eigenvalue weighted by molar-refractivity contribution is 9.10. The second-order valence-electron chi connectivity index (χ2n) is 5.93. The summed E-state index contributed by atoms with van der Waals surface area (Å²) in [6.45, 7) is 1.44. The lowest BCUT2D eigenvalue weighted by Crippen LogP contribution is -2.26. The summed E-state index contributed by atoms with van der Waals surface area (Å²) < 4.78 is 11.0. The molecule has 0 aliphatic carbocycles. The van der Waals surface area contributed by atoms with Crippen LogP contribution in [0.3, 0.4) is 0 Å². The summed E-state index contributed by atoms with van der Waals surface area (Å²) in [4.78, 5) is 36.8. The maximum atomic E-state index is 12.9. The van der Waals surface area contributed by atoms with Crippen molar-refractivity contribution in [2.45, 2.75) is 13.0 Å².